The van der Waals surface area contributed by atoms with Crippen molar-refractivity contribution in [3.8, 4) is 0 Å². The Labute approximate surface area is 176 Å². The summed E-state index contributed by atoms with van der Waals surface area (Å²) in [5.74, 6) is 0.0228. The van der Waals surface area contributed by atoms with Gasteiger partial charge in [-0.15, -0.1) is 0 Å². The molecule has 2 aromatic heterocycles. The molecule has 0 fully saturated rings. The smallest absolute Gasteiger partial charge is 0.155 e. The number of hydrogen-bond donors (Lipinski definition) is 0. The Morgan fingerprint density at radius 3 is 1.80 bits per heavy atom. The average Bonchev–Trinajstić information content (AvgIpc) is 3.04. The predicted molar refractivity (Wildman–Crippen MR) is 117 cm³/mol. The summed E-state index contributed by atoms with van der Waals surface area (Å²) in [6.07, 6.45) is 8.50. The van der Waals surface area contributed by atoms with Crippen LogP contribution < -0.4 is 0 Å². The fraction of sp³-hybridized carbons (Fsp3) is 0.148. The number of nitrogens with zero attached hydrogens (tertiary/aromatic N) is 2. The molecule has 2 aromatic carbocycles. The van der Waals surface area contributed by atoms with Gasteiger partial charge in [-0.2, -0.15) is 0 Å². The lowest BCUT2D eigenvalue weighted by Gasteiger charge is -2.30. The van der Waals surface area contributed by atoms with Gasteiger partial charge < -0.3 is 0 Å². The maximum absolute atomic E-state index is 14.3. The molecule has 0 amide bonds. The van der Waals surface area contributed by atoms with Crippen LogP contribution in [-0.4, -0.2) is 15.8 Å². The van der Waals surface area contributed by atoms with Crippen LogP contribution in [0.3, 0.4) is 0 Å². The van der Waals surface area contributed by atoms with Gasteiger partial charge in [-0.25, -0.2) is 0 Å². The molecule has 1 aliphatic rings. The van der Waals surface area contributed by atoms with Gasteiger partial charge in [-0.3, -0.25) is 14.8 Å². The molecule has 0 saturated heterocycles. The highest BCUT2D eigenvalue weighted by molar-refractivity contribution is 6.03. The zero-order valence-electron chi connectivity index (χ0n) is 16.6. The van der Waals surface area contributed by atoms with Crippen LogP contribution in [0.25, 0.3) is 0 Å². The second kappa shape index (κ2) is 7.68. The molecule has 4 aromatic rings. The standard InChI is InChI=1S/C27H22N2O/c30-26-25(22-6-2-1-3-7-22)23-8-4-5-9-24(23)27(26,18-20-10-14-28-15-11-20)19-21-12-16-29-17-13-21/h1-17,25H,18-19H2. The van der Waals surface area contributed by atoms with E-state index in [-0.39, 0.29) is 11.7 Å². The number of Topliss-reactive ketones (excluding diaryl/α,β-unsaturated/α-hetero) is 1. The molecule has 0 aliphatic heterocycles. The van der Waals surface area contributed by atoms with E-state index in [1.54, 1.807) is 24.8 Å². The second-order valence-electron chi connectivity index (χ2n) is 7.94. The minimum atomic E-state index is -0.625. The number of pyridine rings is 2. The Morgan fingerprint density at radius 2 is 1.20 bits per heavy atom. The summed E-state index contributed by atoms with van der Waals surface area (Å²) < 4.78 is 0. The lowest BCUT2D eigenvalue weighted by Crippen LogP contribution is -2.38. The summed E-state index contributed by atoms with van der Waals surface area (Å²) in [5.41, 5.74) is 4.93. The first kappa shape index (κ1) is 18.4. The van der Waals surface area contributed by atoms with Crippen molar-refractivity contribution in [2.45, 2.75) is 24.2 Å². The fourth-order valence-corrected chi connectivity index (χ4v) is 4.84. The molecular formula is C27H22N2O. The summed E-state index contributed by atoms with van der Waals surface area (Å²) >= 11 is 0. The maximum atomic E-state index is 14.3. The Hall–Kier alpha value is -3.59. The van der Waals surface area contributed by atoms with E-state index in [1.807, 2.05) is 54.6 Å². The molecule has 1 aliphatic carbocycles. The van der Waals surface area contributed by atoms with Crippen LogP contribution in [0.2, 0.25) is 0 Å². The Kier molecular flexibility index (Phi) is 4.72. The fourth-order valence-electron chi connectivity index (χ4n) is 4.84. The Morgan fingerprint density at radius 1 is 0.667 bits per heavy atom. The van der Waals surface area contributed by atoms with Crippen LogP contribution in [0.4, 0.5) is 0 Å². The molecule has 3 heteroatoms. The van der Waals surface area contributed by atoms with Gasteiger partial charge in [0.15, 0.2) is 5.78 Å². The van der Waals surface area contributed by atoms with E-state index >= 15 is 0 Å². The van der Waals surface area contributed by atoms with Gasteiger partial charge in [0.25, 0.3) is 0 Å². The molecule has 0 bridgehead atoms. The van der Waals surface area contributed by atoms with Gasteiger partial charge in [0.2, 0.25) is 0 Å². The normalized spacial score (nSPS) is 16.9. The summed E-state index contributed by atoms with van der Waals surface area (Å²) in [6, 6.07) is 26.5. The molecule has 0 N–H and O–H groups in total. The highest BCUT2D eigenvalue weighted by atomic mass is 16.1. The van der Waals surface area contributed by atoms with Gasteiger partial charge in [0.1, 0.15) is 0 Å². The van der Waals surface area contributed by atoms with Crippen molar-refractivity contribution in [1.82, 2.24) is 9.97 Å². The first-order valence-electron chi connectivity index (χ1n) is 10.2. The van der Waals surface area contributed by atoms with E-state index < -0.39 is 5.41 Å². The Balaban J connectivity index is 1.70. The van der Waals surface area contributed by atoms with E-state index in [0.717, 1.165) is 27.8 Å². The Bertz CT molecular complexity index is 1120. The van der Waals surface area contributed by atoms with Crippen LogP contribution in [0.15, 0.2) is 104 Å². The van der Waals surface area contributed by atoms with Crippen molar-refractivity contribution in [2.75, 3.05) is 0 Å². The summed E-state index contributed by atoms with van der Waals surface area (Å²) in [7, 11) is 0. The quantitative estimate of drug-likeness (QED) is 0.486. The van der Waals surface area contributed by atoms with Crippen molar-refractivity contribution in [2.24, 2.45) is 0 Å². The lowest BCUT2D eigenvalue weighted by molar-refractivity contribution is -0.124. The van der Waals surface area contributed by atoms with Gasteiger partial charge in [-0.1, -0.05) is 54.6 Å². The van der Waals surface area contributed by atoms with E-state index in [9.17, 15) is 4.79 Å². The number of carbonyl (C=O) groups is 1. The van der Waals surface area contributed by atoms with Crippen molar-refractivity contribution >= 4 is 5.78 Å². The van der Waals surface area contributed by atoms with Gasteiger partial charge in [-0.05, 0) is 64.9 Å². The second-order valence-corrected chi connectivity index (χ2v) is 7.94. The van der Waals surface area contributed by atoms with Crippen molar-refractivity contribution < 1.29 is 4.79 Å². The first-order chi connectivity index (χ1) is 14.8. The molecule has 3 nitrogen and oxygen atoms in total. The molecule has 146 valence electrons. The van der Waals surface area contributed by atoms with Crippen molar-refractivity contribution in [3.05, 3.63) is 131 Å². The number of carbonyl (C=O) groups excluding carboxylic acids is 1. The third kappa shape index (κ3) is 3.13. The maximum Gasteiger partial charge on any atom is 0.155 e. The molecule has 0 radical (unpaired) electrons. The SMILES string of the molecule is O=C1C(c2ccccc2)c2ccccc2C1(Cc1ccncc1)Cc1ccncc1. The summed E-state index contributed by atoms with van der Waals surface area (Å²) in [5, 5.41) is 0. The molecule has 5 rings (SSSR count). The summed E-state index contributed by atoms with van der Waals surface area (Å²) in [6.45, 7) is 0. The molecule has 2 heterocycles. The van der Waals surface area contributed by atoms with Crippen LogP contribution >= 0.6 is 0 Å². The van der Waals surface area contributed by atoms with Crippen molar-refractivity contribution in [1.29, 1.82) is 0 Å². The van der Waals surface area contributed by atoms with Crippen molar-refractivity contribution in [3.63, 3.8) is 0 Å². The molecule has 0 saturated carbocycles. The van der Waals surface area contributed by atoms with E-state index in [0.29, 0.717) is 12.8 Å². The molecule has 0 spiro atoms. The third-order valence-electron chi connectivity index (χ3n) is 6.16. The lowest BCUT2D eigenvalue weighted by atomic mass is 9.71. The number of aromatic nitrogens is 2. The van der Waals surface area contributed by atoms with Crippen LogP contribution in [-0.2, 0) is 23.1 Å². The number of rotatable bonds is 5. The van der Waals surface area contributed by atoms with Gasteiger partial charge in [0.05, 0.1) is 11.3 Å². The minimum absolute atomic E-state index is 0.244. The van der Waals surface area contributed by atoms with Gasteiger partial charge in [0, 0.05) is 24.8 Å². The molecule has 30 heavy (non-hydrogen) atoms. The molecule has 1 unspecified atom stereocenters. The highest BCUT2D eigenvalue weighted by Crippen LogP contribution is 2.49. The first-order valence-corrected chi connectivity index (χ1v) is 10.2. The van der Waals surface area contributed by atoms with E-state index in [2.05, 4.69) is 34.2 Å². The number of ketones is 1. The predicted octanol–water partition coefficient (Wildman–Crippen LogP) is 4.91. The van der Waals surface area contributed by atoms with E-state index in [4.69, 9.17) is 0 Å². The largest absolute Gasteiger partial charge is 0.298 e. The minimum Gasteiger partial charge on any atom is -0.298 e. The highest BCUT2D eigenvalue weighted by Gasteiger charge is 2.51. The topological polar surface area (TPSA) is 42.9 Å². The third-order valence-corrected chi connectivity index (χ3v) is 6.16. The van der Waals surface area contributed by atoms with Gasteiger partial charge >= 0.3 is 0 Å². The van der Waals surface area contributed by atoms with E-state index in [1.165, 1.54) is 0 Å². The zero-order valence-corrected chi connectivity index (χ0v) is 16.6. The van der Waals surface area contributed by atoms with Crippen LogP contribution in [0, 0.1) is 0 Å². The number of hydrogen-bond acceptors (Lipinski definition) is 3. The number of benzene rings is 2. The molecule has 1 atom stereocenters. The average molecular weight is 390 g/mol. The monoisotopic (exact) mass is 390 g/mol. The molecular weight excluding hydrogens is 368 g/mol. The van der Waals surface area contributed by atoms with Crippen LogP contribution in [0.1, 0.15) is 33.7 Å². The summed E-state index contributed by atoms with van der Waals surface area (Å²) in [4.78, 5) is 22.6. The van der Waals surface area contributed by atoms with Crippen LogP contribution in [0.5, 0.6) is 0 Å². The zero-order chi connectivity index (χ0) is 20.4. The number of fused-ring (bicyclic) bond motifs is 1.